The van der Waals surface area contributed by atoms with E-state index in [-0.39, 0.29) is 17.9 Å². The summed E-state index contributed by atoms with van der Waals surface area (Å²) in [7, 11) is -3.14. The van der Waals surface area contributed by atoms with E-state index in [1.807, 2.05) is 13.8 Å². The summed E-state index contributed by atoms with van der Waals surface area (Å²) in [6.45, 7) is 6.15. The van der Waals surface area contributed by atoms with E-state index in [9.17, 15) is 8.42 Å². The summed E-state index contributed by atoms with van der Waals surface area (Å²) >= 11 is 0. The van der Waals surface area contributed by atoms with Gasteiger partial charge in [-0.25, -0.2) is 13.1 Å². The number of rotatable bonds is 9. The molecule has 19 heavy (non-hydrogen) atoms. The third-order valence-corrected chi connectivity index (χ3v) is 4.66. The first kappa shape index (κ1) is 16.9. The van der Waals surface area contributed by atoms with Crippen molar-refractivity contribution in [2.75, 3.05) is 25.4 Å². The minimum absolute atomic E-state index is 0.121. The maximum Gasteiger partial charge on any atom is 0.213 e. The Morgan fingerprint density at radius 3 is 2.74 bits per heavy atom. The number of ether oxygens (including phenoxy) is 1. The lowest BCUT2D eigenvalue weighted by Crippen LogP contribution is -2.42. The van der Waals surface area contributed by atoms with Crippen LogP contribution in [0.15, 0.2) is 0 Å². The molecule has 0 aliphatic carbocycles. The summed E-state index contributed by atoms with van der Waals surface area (Å²) in [5, 5.41) is 3.26. The molecule has 1 unspecified atom stereocenters. The first-order valence-corrected chi connectivity index (χ1v) is 8.97. The van der Waals surface area contributed by atoms with Crippen molar-refractivity contribution in [2.24, 2.45) is 0 Å². The highest BCUT2D eigenvalue weighted by Crippen LogP contribution is 2.08. The molecule has 1 saturated heterocycles. The van der Waals surface area contributed by atoms with Crippen LogP contribution in [-0.2, 0) is 14.8 Å². The summed E-state index contributed by atoms with van der Waals surface area (Å²) < 4.78 is 31.8. The van der Waals surface area contributed by atoms with Crippen molar-refractivity contribution in [1.82, 2.24) is 10.0 Å². The van der Waals surface area contributed by atoms with Gasteiger partial charge in [0.15, 0.2) is 0 Å². The van der Waals surface area contributed by atoms with E-state index in [4.69, 9.17) is 4.74 Å². The maximum absolute atomic E-state index is 11.9. The second-order valence-corrected chi connectivity index (χ2v) is 7.30. The molecule has 1 aliphatic rings. The topological polar surface area (TPSA) is 67.4 Å². The Morgan fingerprint density at radius 1 is 1.32 bits per heavy atom. The molecule has 0 bridgehead atoms. The van der Waals surface area contributed by atoms with E-state index in [0.29, 0.717) is 13.2 Å². The van der Waals surface area contributed by atoms with Gasteiger partial charge < -0.3 is 10.1 Å². The Hall–Kier alpha value is -0.170. The third kappa shape index (κ3) is 8.57. The molecule has 0 saturated carbocycles. The molecule has 1 atom stereocenters. The SMILES string of the molecule is CC(C)OCCCCNS(=O)(=O)CC1CCCCN1. The van der Waals surface area contributed by atoms with Crippen molar-refractivity contribution in [3.8, 4) is 0 Å². The van der Waals surface area contributed by atoms with Crippen LogP contribution in [-0.4, -0.2) is 46.0 Å². The van der Waals surface area contributed by atoms with Gasteiger partial charge in [-0.2, -0.15) is 0 Å². The zero-order chi connectivity index (χ0) is 14.1. The van der Waals surface area contributed by atoms with Crippen LogP contribution in [0.1, 0.15) is 46.0 Å². The predicted molar refractivity (Wildman–Crippen MR) is 77.8 cm³/mol. The molecule has 1 aliphatic heterocycles. The molecule has 0 aromatic heterocycles. The zero-order valence-corrected chi connectivity index (χ0v) is 13.0. The number of piperidine rings is 1. The van der Waals surface area contributed by atoms with Crippen molar-refractivity contribution in [1.29, 1.82) is 0 Å². The van der Waals surface area contributed by atoms with Gasteiger partial charge in [-0.1, -0.05) is 6.42 Å². The second-order valence-electron chi connectivity index (χ2n) is 5.45. The summed E-state index contributed by atoms with van der Waals surface area (Å²) in [5.74, 6) is 0.204. The van der Waals surface area contributed by atoms with Crippen molar-refractivity contribution in [3.05, 3.63) is 0 Å². The van der Waals surface area contributed by atoms with E-state index in [1.54, 1.807) is 0 Å². The minimum Gasteiger partial charge on any atom is -0.379 e. The van der Waals surface area contributed by atoms with E-state index in [0.717, 1.165) is 38.6 Å². The van der Waals surface area contributed by atoms with Crippen molar-refractivity contribution < 1.29 is 13.2 Å². The first-order chi connectivity index (χ1) is 8.99. The molecule has 5 nitrogen and oxygen atoms in total. The molecule has 114 valence electrons. The lowest BCUT2D eigenvalue weighted by Gasteiger charge is -2.23. The molecule has 0 spiro atoms. The number of nitrogens with one attached hydrogen (secondary N) is 2. The minimum atomic E-state index is -3.14. The highest BCUT2D eigenvalue weighted by Gasteiger charge is 2.20. The average Bonchev–Trinajstić information content (AvgIpc) is 2.34. The lowest BCUT2D eigenvalue weighted by molar-refractivity contribution is 0.0762. The van der Waals surface area contributed by atoms with Gasteiger partial charge in [0.05, 0.1) is 11.9 Å². The summed E-state index contributed by atoms with van der Waals surface area (Å²) in [6.07, 6.45) is 5.20. The molecule has 0 aromatic rings. The number of hydrogen-bond acceptors (Lipinski definition) is 4. The quantitative estimate of drug-likeness (QED) is 0.628. The van der Waals surface area contributed by atoms with Crippen molar-refractivity contribution in [2.45, 2.75) is 58.1 Å². The summed E-state index contributed by atoms with van der Waals surface area (Å²) in [4.78, 5) is 0. The van der Waals surface area contributed by atoms with Crippen LogP contribution in [0.4, 0.5) is 0 Å². The smallest absolute Gasteiger partial charge is 0.213 e. The van der Waals surface area contributed by atoms with Gasteiger partial charge in [0.1, 0.15) is 0 Å². The van der Waals surface area contributed by atoms with Crippen LogP contribution in [0.25, 0.3) is 0 Å². The number of sulfonamides is 1. The molecule has 0 amide bonds. The molecule has 0 radical (unpaired) electrons. The van der Waals surface area contributed by atoms with Crippen LogP contribution in [0, 0.1) is 0 Å². The molecule has 2 N–H and O–H groups in total. The normalized spacial score (nSPS) is 20.9. The van der Waals surface area contributed by atoms with Crippen LogP contribution in [0.5, 0.6) is 0 Å². The van der Waals surface area contributed by atoms with Gasteiger partial charge in [0.25, 0.3) is 0 Å². The van der Waals surface area contributed by atoms with Crippen molar-refractivity contribution in [3.63, 3.8) is 0 Å². The monoisotopic (exact) mass is 292 g/mol. The molecular weight excluding hydrogens is 264 g/mol. The largest absolute Gasteiger partial charge is 0.379 e. The molecule has 0 aromatic carbocycles. The Balaban J connectivity index is 2.09. The zero-order valence-electron chi connectivity index (χ0n) is 12.2. The Labute approximate surface area is 117 Å². The highest BCUT2D eigenvalue weighted by atomic mass is 32.2. The van der Waals surface area contributed by atoms with Gasteiger partial charge in [-0.05, 0) is 46.1 Å². The van der Waals surface area contributed by atoms with Crippen LogP contribution >= 0.6 is 0 Å². The number of hydrogen-bond donors (Lipinski definition) is 2. The van der Waals surface area contributed by atoms with E-state index < -0.39 is 10.0 Å². The fourth-order valence-corrected chi connectivity index (χ4v) is 3.55. The molecule has 1 heterocycles. The van der Waals surface area contributed by atoms with Crippen LogP contribution in [0.3, 0.4) is 0 Å². The van der Waals surface area contributed by atoms with E-state index in [1.165, 1.54) is 0 Å². The average molecular weight is 292 g/mol. The Bertz CT molecular complexity index is 325. The van der Waals surface area contributed by atoms with Crippen LogP contribution < -0.4 is 10.0 Å². The van der Waals surface area contributed by atoms with E-state index >= 15 is 0 Å². The molecule has 1 fully saturated rings. The number of unbranched alkanes of at least 4 members (excludes halogenated alkanes) is 1. The second kappa shape index (κ2) is 8.89. The first-order valence-electron chi connectivity index (χ1n) is 7.32. The lowest BCUT2D eigenvalue weighted by atomic mass is 10.1. The molecular formula is C13H28N2O3S. The van der Waals surface area contributed by atoms with Gasteiger partial charge in [-0.15, -0.1) is 0 Å². The predicted octanol–water partition coefficient (Wildman–Crippen LogP) is 1.25. The van der Waals surface area contributed by atoms with E-state index in [2.05, 4.69) is 10.0 Å². The Kier molecular flexibility index (Phi) is 7.90. The summed E-state index contributed by atoms with van der Waals surface area (Å²) in [5.41, 5.74) is 0. The third-order valence-electron chi connectivity index (χ3n) is 3.18. The highest BCUT2D eigenvalue weighted by molar-refractivity contribution is 7.89. The fourth-order valence-electron chi connectivity index (χ4n) is 2.16. The summed E-state index contributed by atoms with van der Waals surface area (Å²) in [6, 6.07) is 0.121. The standard InChI is InChI=1S/C13H28N2O3S/c1-12(2)18-10-6-5-9-15-19(16,17)11-13-7-3-4-8-14-13/h12-15H,3-11H2,1-2H3. The maximum atomic E-state index is 11.9. The van der Waals surface area contributed by atoms with Crippen molar-refractivity contribution >= 4 is 10.0 Å². The van der Waals surface area contributed by atoms with Gasteiger partial charge in [-0.3, -0.25) is 0 Å². The molecule has 6 heteroatoms. The van der Waals surface area contributed by atoms with Gasteiger partial charge in [0, 0.05) is 19.2 Å². The van der Waals surface area contributed by atoms with Crippen LogP contribution in [0.2, 0.25) is 0 Å². The van der Waals surface area contributed by atoms with Gasteiger partial charge >= 0.3 is 0 Å². The fraction of sp³-hybridized carbons (Fsp3) is 1.00. The molecule has 1 rings (SSSR count). The Morgan fingerprint density at radius 2 is 2.11 bits per heavy atom. The van der Waals surface area contributed by atoms with Gasteiger partial charge in [0.2, 0.25) is 10.0 Å².